The number of likely N-dealkylation sites (tertiary alicyclic amines) is 3. The number of nitrogens with zero attached hydrogens (tertiary/aromatic N) is 5. The van der Waals surface area contributed by atoms with Crippen molar-refractivity contribution >= 4 is 52.1 Å². The predicted octanol–water partition coefficient (Wildman–Crippen LogP) is 7.48. The Hall–Kier alpha value is -5.08. The van der Waals surface area contributed by atoms with Crippen LogP contribution in [0.5, 0.6) is 0 Å². The molecule has 1 aromatic carbocycles. The van der Waals surface area contributed by atoms with E-state index in [1.807, 2.05) is 24.3 Å². The minimum absolute atomic E-state index is 0.0182. The molecule has 0 spiro atoms. The van der Waals surface area contributed by atoms with Crippen LogP contribution in [-0.4, -0.2) is 129 Å². The highest BCUT2D eigenvalue weighted by atomic mass is 16.3. The third-order valence-electron chi connectivity index (χ3n) is 16.4. The Morgan fingerprint density at radius 3 is 1.74 bits per heavy atom. The maximum Gasteiger partial charge on any atom is 0.248 e. The third kappa shape index (κ3) is 10.4. The van der Waals surface area contributed by atoms with Gasteiger partial charge in [-0.2, -0.15) is 0 Å². The van der Waals surface area contributed by atoms with Gasteiger partial charge in [0.2, 0.25) is 29.4 Å². The normalized spacial score (nSPS) is 26.8. The van der Waals surface area contributed by atoms with E-state index < -0.39 is 11.7 Å². The smallest absolute Gasteiger partial charge is 0.248 e. The molecule has 370 valence electrons. The molecule has 1 aromatic rings. The minimum Gasteiger partial charge on any atom is -0.506 e. The average Bonchev–Trinajstić information content (AvgIpc) is 3.89. The van der Waals surface area contributed by atoms with Gasteiger partial charge in [-0.1, -0.05) is 0 Å². The molecule has 4 saturated heterocycles. The lowest BCUT2D eigenvalue weighted by Crippen LogP contribution is -2.60. The number of aliphatic hydroxyl groups is 1. The summed E-state index contributed by atoms with van der Waals surface area (Å²) in [5.74, 6) is -1.96. The molecular weight excluding hydrogens is 857 g/mol. The van der Waals surface area contributed by atoms with Gasteiger partial charge in [0.1, 0.15) is 5.76 Å². The molecule has 68 heavy (non-hydrogen) atoms. The number of rotatable bonds is 12. The fourth-order valence-corrected chi connectivity index (χ4v) is 12.0. The largest absolute Gasteiger partial charge is 0.506 e. The highest BCUT2D eigenvalue weighted by molar-refractivity contribution is 6.42. The summed E-state index contributed by atoms with van der Waals surface area (Å²) in [7, 11) is 4.20. The summed E-state index contributed by atoms with van der Waals surface area (Å²) in [6.07, 6.45) is 12.4. The van der Waals surface area contributed by atoms with E-state index in [0.29, 0.717) is 48.5 Å². The molecule has 6 aliphatic rings. The lowest BCUT2D eigenvalue weighted by atomic mass is 9.74. The Labute approximate surface area is 404 Å². The van der Waals surface area contributed by atoms with Crippen molar-refractivity contribution in [2.24, 2.45) is 16.8 Å². The predicted molar refractivity (Wildman–Crippen MR) is 270 cm³/mol. The van der Waals surface area contributed by atoms with E-state index in [1.165, 1.54) is 0 Å². The molecule has 0 saturated carbocycles. The Morgan fingerprint density at radius 1 is 0.721 bits per heavy atom. The van der Waals surface area contributed by atoms with E-state index in [4.69, 9.17) is 0 Å². The lowest BCUT2D eigenvalue weighted by molar-refractivity contribution is -0.133. The Kier molecular flexibility index (Phi) is 14.5. The Bertz CT molecular complexity index is 2330. The molecule has 0 aromatic heterocycles. The number of Topliss-reactive ketones (excluding diaryl/α,β-unsaturated/α-hetero) is 1. The molecule has 14 nitrogen and oxygen atoms in total. The van der Waals surface area contributed by atoms with Crippen molar-refractivity contribution in [1.82, 2.24) is 25.3 Å². The summed E-state index contributed by atoms with van der Waals surface area (Å²) in [6.45, 7) is 23.5. The number of carbonyl (C=O) groups excluding carboxylic acids is 5. The fraction of sp³-hybridized carbons (Fsp3) is 0.630. The van der Waals surface area contributed by atoms with Crippen molar-refractivity contribution < 1.29 is 29.1 Å². The quantitative estimate of drug-likeness (QED) is 0.155. The monoisotopic (exact) mass is 935 g/mol. The molecule has 2 aliphatic carbocycles. The van der Waals surface area contributed by atoms with E-state index in [2.05, 4.69) is 124 Å². The van der Waals surface area contributed by atoms with Crippen molar-refractivity contribution in [2.75, 3.05) is 50.5 Å². The van der Waals surface area contributed by atoms with Crippen molar-refractivity contribution in [3.8, 4) is 0 Å². The number of piperidine rings is 2. The standard InChI is InChI=1S/C54H78N8O6/c1-33-15-13-25-61(33)37-17-19-39(41(27-37)57-43(63)21-23-55-49(67)35-29-51(3,4)59(11)52(5,6)30-35)45-47(65)46(48(45)66)40-20-18-38(62-26-14-16-34(62)2)28-42(40)58-44(64)22-24-56-50(68)36-31-53(7,8)60(12)54(9,10)32-36/h17-20,27-28,33-36,65H,13-16,21-26,29-32H2,1-12H3,(H,55,67)(H,56,68)(H,57,63)/b46-40+,58-42?. The highest BCUT2D eigenvalue weighted by Crippen LogP contribution is 2.45. The average molecular weight is 935 g/mol. The van der Waals surface area contributed by atoms with E-state index in [1.54, 1.807) is 12.1 Å². The molecule has 0 bridgehead atoms. The zero-order valence-corrected chi connectivity index (χ0v) is 42.9. The van der Waals surface area contributed by atoms with Gasteiger partial charge in [-0.25, -0.2) is 4.99 Å². The van der Waals surface area contributed by atoms with Crippen LogP contribution in [0, 0.1) is 11.8 Å². The summed E-state index contributed by atoms with van der Waals surface area (Å²) >= 11 is 0. The minimum atomic E-state index is -0.454. The maximum atomic E-state index is 14.4. The summed E-state index contributed by atoms with van der Waals surface area (Å²) in [6, 6.07) is 6.12. The van der Waals surface area contributed by atoms with Crippen molar-refractivity contribution in [1.29, 1.82) is 0 Å². The first-order valence-electron chi connectivity index (χ1n) is 25.1. The number of benzene rings is 1. The van der Waals surface area contributed by atoms with Crippen LogP contribution >= 0.6 is 0 Å². The molecule has 2 unspecified atom stereocenters. The molecule has 4 fully saturated rings. The van der Waals surface area contributed by atoms with Crippen molar-refractivity contribution in [3.05, 3.63) is 64.6 Å². The van der Waals surface area contributed by atoms with Crippen LogP contribution in [0.15, 0.2) is 64.0 Å². The van der Waals surface area contributed by atoms with Crippen LogP contribution < -0.4 is 20.9 Å². The zero-order chi connectivity index (χ0) is 49.7. The van der Waals surface area contributed by atoms with Crippen LogP contribution in [0.1, 0.15) is 139 Å². The summed E-state index contributed by atoms with van der Waals surface area (Å²) in [5, 5.41) is 20.9. The first-order valence-corrected chi connectivity index (χ1v) is 25.1. The lowest BCUT2D eigenvalue weighted by Gasteiger charge is -2.53. The van der Waals surface area contributed by atoms with E-state index in [0.717, 1.165) is 50.2 Å². The number of aliphatic imine (C=N–C) groups is 1. The Balaban J connectivity index is 1.11. The third-order valence-corrected chi connectivity index (χ3v) is 16.4. The van der Waals surface area contributed by atoms with Crippen LogP contribution in [0.4, 0.5) is 11.4 Å². The highest BCUT2D eigenvalue weighted by Gasteiger charge is 2.47. The number of aliphatic hydroxyl groups excluding tert-OH is 1. The van der Waals surface area contributed by atoms with Gasteiger partial charge in [0.15, 0.2) is 0 Å². The SMILES string of the molecule is CC1CCCN1C1=CC(=NC(=O)CCNC(=O)C2CC(C)(C)N(C)C(C)(C)C2)/C(=C2/C(=O)C(c3ccc(N4CCCC4C)cc3NC(=O)CCNC(=O)C3CC(C)(C)N(C)C(C)(C)C3)=C2O)C=C1. The van der Waals surface area contributed by atoms with Gasteiger partial charge in [-0.3, -0.25) is 33.8 Å². The fourth-order valence-electron chi connectivity index (χ4n) is 12.0. The van der Waals surface area contributed by atoms with Crippen molar-refractivity contribution in [3.63, 3.8) is 0 Å². The molecule has 14 heteroatoms. The number of hydrogen-bond acceptors (Lipinski definition) is 10. The molecule has 0 radical (unpaired) electrons. The molecule has 4 heterocycles. The topological polar surface area (TPSA) is 167 Å². The second-order valence-electron chi connectivity index (χ2n) is 22.9. The van der Waals surface area contributed by atoms with Gasteiger partial charge in [0, 0.05) is 108 Å². The van der Waals surface area contributed by atoms with Crippen LogP contribution in [0.25, 0.3) is 5.57 Å². The number of hydrogen-bond donors (Lipinski definition) is 4. The number of carbonyl (C=O) groups is 5. The zero-order valence-electron chi connectivity index (χ0n) is 42.9. The number of anilines is 2. The number of amides is 4. The molecule has 2 atom stereocenters. The van der Waals surface area contributed by atoms with Crippen LogP contribution in [0.3, 0.4) is 0 Å². The molecular formula is C54H78N8O6. The summed E-state index contributed by atoms with van der Waals surface area (Å²) < 4.78 is 0. The molecule has 4 amide bonds. The van der Waals surface area contributed by atoms with Gasteiger partial charge in [-0.05, 0) is 171 Å². The van der Waals surface area contributed by atoms with Gasteiger partial charge >= 0.3 is 0 Å². The Morgan fingerprint density at radius 2 is 1.24 bits per heavy atom. The second-order valence-corrected chi connectivity index (χ2v) is 22.9. The first-order chi connectivity index (χ1) is 31.8. The molecule has 7 rings (SSSR count). The van der Waals surface area contributed by atoms with Gasteiger partial charge in [-0.15, -0.1) is 0 Å². The molecule has 4 N–H and O–H groups in total. The van der Waals surface area contributed by atoms with E-state index >= 15 is 0 Å². The van der Waals surface area contributed by atoms with Gasteiger partial charge < -0.3 is 30.9 Å². The number of allylic oxidation sites excluding steroid dienone is 6. The number of ketones is 1. The van der Waals surface area contributed by atoms with E-state index in [-0.39, 0.29) is 106 Å². The molecule has 4 aliphatic heterocycles. The van der Waals surface area contributed by atoms with Crippen LogP contribution in [0.2, 0.25) is 0 Å². The first kappa shape index (κ1) is 50.8. The van der Waals surface area contributed by atoms with Crippen LogP contribution in [-0.2, 0) is 24.0 Å². The summed E-state index contributed by atoms with van der Waals surface area (Å²) in [5.41, 5.74) is 2.62. The summed E-state index contributed by atoms with van der Waals surface area (Å²) in [4.78, 5) is 82.3. The van der Waals surface area contributed by atoms with Gasteiger partial charge in [0.25, 0.3) is 0 Å². The van der Waals surface area contributed by atoms with Gasteiger partial charge in [0.05, 0.1) is 22.5 Å². The van der Waals surface area contributed by atoms with E-state index in [9.17, 15) is 29.1 Å². The maximum absolute atomic E-state index is 14.4. The number of nitrogens with one attached hydrogen (secondary N) is 3. The van der Waals surface area contributed by atoms with Crippen molar-refractivity contribution in [2.45, 2.75) is 168 Å². The second kappa shape index (κ2) is 19.4.